The van der Waals surface area contributed by atoms with Crippen molar-refractivity contribution in [1.82, 2.24) is 9.80 Å². The van der Waals surface area contributed by atoms with Crippen molar-refractivity contribution in [1.29, 1.82) is 0 Å². The average Bonchev–Trinajstić information content (AvgIpc) is 2.81. The van der Waals surface area contributed by atoms with Gasteiger partial charge in [-0.1, -0.05) is 13.0 Å². The summed E-state index contributed by atoms with van der Waals surface area (Å²) < 4.78 is 0. The van der Waals surface area contributed by atoms with Gasteiger partial charge in [0.2, 0.25) is 5.91 Å². The molecule has 0 bridgehead atoms. The van der Waals surface area contributed by atoms with Gasteiger partial charge in [0.05, 0.1) is 18.0 Å². The lowest BCUT2D eigenvalue weighted by Crippen LogP contribution is -2.39. The number of nitrogens with zero attached hydrogens (tertiary/aromatic N) is 2. The van der Waals surface area contributed by atoms with Gasteiger partial charge in [0, 0.05) is 14.1 Å². The van der Waals surface area contributed by atoms with Gasteiger partial charge in [0.1, 0.15) is 0 Å². The number of ketones is 1. The summed E-state index contributed by atoms with van der Waals surface area (Å²) in [7, 11) is 3.44. The minimum atomic E-state index is 0.0193. The van der Waals surface area contributed by atoms with E-state index < -0.39 is 0 Å². The van der Waals surface area contributed by atoms with Crippen LogP contribution in [0, 0.1) is 0 Å². The molecule has 0 unspecified atom stereocenters. The van der Waals surface area contributed by atoms with Gasteiger partial charge in [0.25, 0.3) is 0 Å². The Balaban J connectivity index is 2.53. The van der Waals surface area contributed by atoms with E-state index in [0.717, 1.165) is 4.88 Å². The maximum absolute atomic E-state index is 11.9. The van der Waals surface area contributed by atoms with E-state index in [1.807, 2.05) is 29.3 Å². The second kappa shape index (κ2) is 6.51. The highest BCUT2D eigenvalue weighted by Crippen LogP contribution is 2.10. The third kappa shape index (κ3) is 4.28. The number of carbonyl (C=O) groups excluding carboxylic acids is 2. The highest BCUT2D eigenvalue weighted by Gasteiger charge is 2.15. The van der Waals surface area contributed by atoms with Crippen LogP contribution < -0.4 is 0 Å². The molecule has 0 fully saturated rings. The lowest BCUT2D eigenvalue weighted by Gasteiger charge is -2.20. The molecule has 0 saturated carbocycles. The van der Waals surface area contributed by atoms with Crippen molar-refractivity contribution < 1.29 is 9.59 Å². The summed E-state index contributed by atoms with van der Waals surface area (Å²) in [6.45, 7) is 3.23. The molecule has 1 amide bonds. The van der Waals surface area contributed by atoms with Crippen LogP contribution in [0.2, 0.25) is 0 Å². The fourth-order valence-corrected chi connectivity index (χ4v) is 1.99. The molecule has 94 valence electrons. The lowest BCUT2D eigenvalue weighted by atomic mass is 10.3. The molecule has 0 saturated heterocycles. The maximum Gasteiger partial charge on any atom is 0.236 e. The normalized spacial score (nSPS) is 10.6. The Bertz CT molecular complexity index is 374. The summed E-state index contributed by atoms with van der Waals surface area (Å²) in [5, 5.41) is 1.88. The van der Waals surface area contributed by atoms with Crippen molar-refractivity contribution in [2.45, 2.75) is 6.92 Å². The van der Waals surface area contributed by atoms with Crippen LogP contribution in [-0.4, -0.2) is 55.2 Å². The minimum absolute atomic E-state index is 0.0193. The van der Waals surface area contributed by atoms with Gasteiger partial charge in [-0.25, -0.2) is 0 Å². The number of hydrogen-bond donors (Lipinski definition) is 0. The van der Waals surface area contributed by atoms with Crippen LogP contribution in [0.4, 0.5) is 0 Å². The summed E-state index contributed by atoms with van der Waals surface area (Å²) in [6, 6.07) is 3.67. The summed E-state index contributed by atoms with van der Waals surface area (Å²) in [4.78, 5) is 27.6. The second-order valence-electron chi connectivity index (χ2n) is 3.99. The van der Waals surface area contributed by atoms with E-state index in [1.54, 1.807) is 14.1 Å². The summed E-state index contributed by atoms with van der Waals surface area (Å²) >= 11 is 1.44. The topological polar surface area (TPSA) is 40.6 Å². The van der Waals surface area contributed by atoms with E-state index in [0.29, 0.717) is 19.6 Å². The monoisotopic (exact) mass is 254 g/mol. The van der Waals surface area contributed by atoms with E-state index in [1.165, 1.54) is 16.2 Å². The van der Waals surface area contributed by atoms with Crippen molar-refractivity contribution in [2.75, 3.05) is 33.7 Å². The Labute approximate surface area is 106 Å². The van der Waals surface area contributed by atoms with Crippen LogP contribution in [0.25, 0.3) is 0 Å². The average molecular weight is 254 g/mol. The van der Waals surface area contributed by atoms with Crippen LogP contribution >= 0.6 is 11.3 Å². The van der Waals surface area contributed by atoms with E-state index in [-0.39, 0.29) is 11.7 Å². The van der Waals surface area contributed by atoms with Gasteiger partial charge in [-0.15, -0.1) is 11.3 Å². The zero-order valence-corrected chi connectivity index (χ0v) is 11.3. The van der Waals surface area contributed by atoms with Gasteiger partial charge >= 0.3 is 0 Å². The number of Topliss-reactive ketones (excluding diaryl/α,β-unsaturated/α-hetero) is 1. The fraction of sp³-hybridized carbons (Fsp3) is 0.500. The van der Waals surface area contributed by atoms with Crippen molar-refractivity contribution in [3.63, 3.8) is 0 Å². The molecular formula is C12H18N2O2S. The molecule has 17 heavy (non-hydrogen) atoms. The fourth-order valence-electron chi connectivity index (χ4n) is 1.33. The highest BCUT2D eigenvalue weighted by atomic mass is 32.1. The van der Waals surface area contributed by atoms with Gasteiger partial charge < -0.3 is 4.90 Å². The molecule has 0 spiro atoms. The number of amides is 1. The molecule has 4 nitrogen and oxygen atoms in total. The highest BCUT2D eigenvalue weighted by molar-refractivity contribution is 7.12. The van der Waals surface area contributed by atoms with Crippen molar-refractivity contribution in [3.8, 4) is 0 Å². The first-order valence-corrected chi connectivity index (χ1v) is 6.41. The number of rotatable bonds is 6. The Morgan fingerprint density at radius 3 is 2.47 bits per heavy atom. The zero-order valence-electron chi connectivity index (χ0n) is 10.5. The van der Waals surface area contributed by atoms with Crippen LogP contribution in [-0.2, 0) is 4.79 Å². The lowest BCUT2D eigenvalue weighted by molar-refractivity contribution is -0.129. The standard InChI is InChI=1S/C12H18N2O2S/c1-4-14(9-12(16)13(2)3)8-10(15)11-6-5-7-17-11/h5-7H,4,8-9H2,1-3H3. The molecule has 0 N–H and O–H groups in total. The Morgan fingerprint density at radius 2 is 2.00 bits per heavy atom. The smallest absolute Gasteiger partial charge is 0.236 e. The zero-order chi connectivity index (χ0) is 12.8. The number of thiophene rings is 1. The first kappa shape index (κ1) is 13.9. The molecule has 1 aromatic rings. The number of carbonyl (C=O) groups is 2. The predicted molar refractivity (Wildman–Crippen MR) is 69.5 cm³/mol. The third-order valence-corrected chi connectivity index (χ3v) is 3.38. The van der Waals surface area contributed by atoms with Crippen molar-refractivity contribution in [3.05, 3.63) is 22.4 Å². The first-order valence-electron chi connectivity index (χ1n) is 5.53. The third-order valence-electron chi connectivity index (χ3n) is 2.47. The minimum Gasteiger partial charge on any atom is -0.348 e. The molecule has 0 aliphatic heterocycles. The van der Waals surface area contributed by atoms with Gasteiger partial charge in [0.15, 0.2) is 5.78 Å². The van der Waals surface area contributed by atoms with Crippen LogP contribution in [0.1, 0.15) is 16.6 Å². The Morgan fingerprint density at radius 1 is 1.29 bits per heavy atom. The van der Waals surface area contributed by atoms with Crippen molar-refractivity contribution in [2.24, 2.45) is 0 Å². The van der Waals surface area contributed by atoms with Crippen molar-refractivity contribution >= 4 is 23.0 Å². The van der Waals surface area contributed by atoms with E-state index >= 15 is 0 Å². The Hall–Kier alpha value is -1.20. The number of hydrogen-bond acceptors (Lipinski definition) is 4. The first-order chi connectivity index (χ1) is 8.04. The molecule has 0 radical (unpaired) electrons. The van der Waals surface area contributed by atoms with Crippen LogP contribution in [0.5, 0.6) is 0 Å². The maximum atomic E-state index is 11.9. The van der Waals surface area contributed by atoms with E-state index in [9.17, 15) is 9.59 Å². The molecule has 0 aromatic carbocycles. The molecule has 0 aliphatic carbocycles. The molecule has 1 aromatic heterocycles. The number of likely N-dealkylation sites (N-methyl/N-ethyl adjacent to an activating group) is 2. The van der Waals surface area contributed by atoms with E-state index in [2.05, 4.69) is 0 Å². The predicted octanol–water partition coefficient (Wildman–Crippen LogP) is 1.34. The molecular weight excluding hydrogens is 236 g/mol. The molecule has 0 aliphatic rings. The van der Waals surface area contributed by atoms with Gasteiger partial charge in [-0.2, -0.15) is 0 Å². The molecule has 0 atom stereocenters. The molecule has 1 rings (SSSR count). The Kier molecular flexibility index (Phi) is 5.31. The van der Waals surface area contributed by atoms with Crippen LogP contribution in [0.15, 0.2) is 17.5 Å². The van der Waals surface area contributed by atoms with E-state index in [4.69, 9.17) is 0 Å². The SMILES string of the molecule is CCN(CC(=O)c1cccs1)CC(=O)N(C)C. The summed E-state index contributed by atoms with van der Waals surface area (Å²) in [5.74, 6) is 0.0965. The summed E-state index contributed by atoms with van der Waals surface area (Å²) in [6.07, 6.45) is 0. The second-order valence-corrected chi connectivity index (χ2v) is 4.94. The van der Waals surface area contributed by atoms with Gasteiger partial charge in [-0.3, -0.25) is 14.5 Å². The van der Waals surface area contributed by atoms with Gasteiger partial charge in [-0.05, 0) is 18.0 Å². The largest absolute Gasteiger partial charge is 0.348 e. The molecule has 5 heteroatoms. The van der Waals surface area contributed by atoms with Crippen LogP contribution in [0.3, 0.4) is 0 Å². The quantitative estimate of drug-likeness (QED) is 0.719. The summed E-state index contributed by atoms with van der Waals surface area (Å²) in [5.41, 5.74) is 0. The molecule has 1 heterocycles.